The van der Waals surface area contributed by atoms with Gasteiger partial charge in [-0.3, -0.25) is 4.79 Å². The Morgan fingerprint density at radius 3 is 2.15 bits per heavy atom. The molecule has 1 rings (SSSR count). The van der Waals surface area contributed by atoms with Gasteiger partial charge in [-0.2, -0.15) is 0 Å². The molecule has 4 heteroatoms. The molecule has 0 aliphatic rings. The van der Waals surface area contributed by atoms with Crippen molar-refractivity contribution in [2.75, 3.05) is 38.1 Å². The number of nitrogens with zero attached hydrogens (tertiary/aromatic N) is 2. The van der Waals surface area contributed by atoms with E-state index in [2.05, 4.69) is 37.5 Å². The Morgan fingerprint density at radius 2 is 1.65 bits per heavy atom. The fourth-order valence-corrected chi connectivity index (χ4v) is 3.08. The van der Waals surface area contributed by atoms with Crippen molar-refractivity contribution in [1.82, 2.24) is 4.90 Å². The third kappa shape index (κ3) is 3.89. The second-order valence-electron chi connectivity index (χ2n) is 5.73. The van der Waals surface area contributed by atoms with Crippen molar-refractivity contribution >= 4 is 17.9 Å². The third-order valence-corrected chi connectivity index (χ3v) is 4.40. The van der Waals surface area contributed by atoms with E-state index in [0.717, 1.165) is 43.9 Å². The lowest BCUT2D eigenvalue weighted by molar-refractivity contribution is 0.297. The van der Waals surface area contributed by atoms with Gasteiger partial charge in [0, 0.05) is 19.2 Å². The van der Waals surface area contributed by atoms with Crippen LogP contribution in [0.5, 0.6) is 0 Å². The molecule has 0 saturated carbocycles. The average molecular weight is 296 g/mol. The van der Waals surface area contributed by atoms with Gasteiger partial charge >= 0.3 is 0 Å². The van der Waals surface area contributed by atoms with E-state index in [4.69, 9.17) is 12.2 Å². The number of hydrogen-bond acceptors (Lipinski definition) is 4. The second kappa shape index (κ2) is 7.89. The molecule has 1 aromatic carbocycles. The molecular weight excluding hydrogens is 268 g/mol. The number of unbranched alkanes of at least 4 members (excludes halogenated alkanes) is 1. The van der Waals surface area contributed by atoms with Crippen molar-refractivity contribution < 1.29 is 0 Å². The lowest BCUT2D eigenvalue weighted by atomic mass is 9.96. The molecule has 1 aromatic rings. The minimum absolute atomic E-state index is 0.0648. The van der Waals surface area contributed by atoms with Crippen molar-refractivity contribution in [3.63, 3.8) is 0 Å². The lowest BCUT2D eigenvalue weighted by Crippen LogP contribution is -2.32. The minimum Gasteiger partial charge on any atom is -0.371 e. The number of hydrogen-bond donors (Lipinski definition) is 0. The highest BCUT2D eigenvalue weighted by Crippen LogP contribution is 2.28. The van der Waals surface area contributed by atoms with Crippen LogP contribution in [-0.4, -0.2) is 38.1 Å². The van der Waals surface area contributed by atoms with Crippen LogP contribution < -0.4 is 10.3 Å². The second-order valence-corrected chi connectivity index (χ2v) is 6.14. The normalized spacial score (nSPS) is 11.8. The van der Waals surface area contributed by atoms with E-state index in [0.29, 0.717) is 10.4 Å². The zero-order valence-corrected chi connectivity index (χ0v) is 14.3. The molecule has 0 unspecified atom stereocenters. The van der Waals surface area contributed by atoms with Gasteiger partial charge in [-0.15, -0.1) is 0 Å². The van der Waals surface area contributed by atoms with Crippen LogP contribution in [0.4, 0.5) is 5.69 Å². The maximum Gasteiger partial charge on any atom is 0.220 e. The van der Waals surface area contributed by atoms with Crippen LogP contribution in [0, 0.1) is 4.51 Å². The summed E-state index contributed by atoms with van der Waals surface area (Å²) in [6.45, 7) is 12.9. The van der Waals surface area contributed by atoms with Gasteiger partial charge in [0.05, 0.1) is 10.2 Å². The predicted octanol–water partition coefficient (Wildman–Crippen LogP) is 3.33. The summed E-state index contributed by atoms with van der Waals surface area (Å²) in [6.07, 6.45) is 2.29. The predicted molar refractivity (Wildman–Crippen MR) is 90.3 cm³/mol. The van der Waals surface area contributed by atoms with E-state index in [1.165, 1.54) is 6.42 Å². The monoisotopic (exact) mass is 296 g/mol. The Labute approximate surface area is 128 Å². The van der Waals surface area contributed by atoms with Crippen molar-refractivity contribution in [3.8, 4) is 0 Å². The fourth-order valence-electron chi connectivity index (χ4n) is 2.65. The van der Waals surface area contributed by atoms with Crippen molar-refractivity contribution in [2.24, 2.45) is 0 Å². The summed E-state index contributed by atoms with van der Waals surface area (Å²) in [5, 5.41) is 0. The Morgan fingerprint density at radius 1 is 1.10 bits per heavy atom. The van der Waals surface area contributed by atoms with Crippen LogP contribution in [0.15, 0.2) is 4.79 Å². The molecule has 0 bridgehead atoms. The Hall–Kier alpha value is -0.740. The Kier molecular flexibility index (Phi) is 6.83. The standard InChI is InChI=1S/C16H28N2OS/c1-6-18(7-2)11-9-8-10-17(5)14-13(12(3)4)16(20)15(14)19/h12H,6-11H2,1-5H3. The van der Waals surface area contributed by atoms with Gasteiger partial charge in [0.1, 0.15) is 0 Å². The topological polar surface area (TPSA) is 23.6 Å². The van der Waals surface area contributed by atoms with Crippen molar-refractivity contribution in [1.29, 1.82) is 0 Å². The van der Waals surface area contributed by atoms with E-state index < -0.39 is 0 Å². The molecule has 0 amide bonds. The average Bonchev–Trinajstić information content (AvgIpc) is 2.42. The summed E-state index contributed by atoms with van der Waals surface area (Å²) < 4.78 is 0.546. The molecule has 0 aliphatic carbocycles. The van der Waals surface area contributed by atoms with Gasteiger partial charge < -0.3 is 9.80 Å². The molecule has 0 atom stereocenters. The van der Waals surface area contributed by atoms with E-state index in [-0.39, 0.29) is 5.43 Å². The Bertz CT molecular complexity index is 485. The van der Waals surface area contributed by atoms with Crippen LogP contribution in [-0.2, 0) is 0 Å². The van der Waals surface area contributed by atoms with Gasteiger partial charge in [0.15, 0.2) is 0 Å². The van der Waals surface area contributed by atoms with Crippen molar-refractivity contribution in [3.05, 3.63) is 20.3 Å². The fraction of sp³-hybridized carbons (Fsp3) is 0.750. The SMILES string of the molecule is CCN(CC)CCCCN(C)c1c(C(C)C)c(=S)c1=O. The molecule has 0 spiro atoms. The van der Waals surface area contributed by atoms with Crippen LogP contribution in [0.1, 0.15) is 52.0 Å². The quantitative estimate of drug-likeness (QED) is 0.515. The zero-order valence-electron chi connectivity index (χ0n) is 13.5. The van der Waals surface area contributed by atoms with Gasteiger partial charge in [-0.05, 0) is 38.4 Å². The van der Waals surface area contributed by atoms with E-state index in [9.17, 15) is 4.79 Å². The molecule has 114 valence electrons. The van der Waals surface area contributed by atoms with Crippen LogP contribution in [0.3, 0.4) is 0 Å². The molecule has 0 saturated heterocycles. The molecule has 20 heavy (non-hydrogen) atoms. The number of rotatable bonds is 9. The van der Waals surface area contributed by atoms with Gasteiger partial charge in [0.2, 0.25) is 5.43 Å². The zero-order chi connectivity index (χ0) is 15.3. The first-order valence-electron chi connectivity index (χ1n) is 7.70. The molecule has 0 N–H and O–H groups in total. The summed E-state index contributed by atoms with van der Waals surface area (Å²) >= 11 is 5.16. The molecule has 0 aliphatic heterocycles. The van der Waals surface area contributed by atoms with Crippen molar-refractivity contribution in [2.45, 2.75) is 46.5 Å². The Balaban J connectivity index is 2.48. The van der Waals surface area contributed by atoms with E-state index >= 15 is 0 Å². The third-order valence-electron chi connectivity index (χ3n) is 3.99. The molecular formula is C16H28N2OS. The molecule has 0 heterocycles. The maximum absolute atomic E-state index is 11.9. The first-order chi connectivity index (χ1) is 9.43. The molecule has 0 fully saturated rings. The van der Waals surface area contributed by atoms with Gasteiger partial charge in [-0.25, -0.2) is 0 Å². The molecule has 0 aromatic heterocycles. The molecule has 3 nitrogen and oxygen atoms in total. The van der Waals surface area contributed by atoms with Gasteiger partial charge in [0.25, 0.3) is 0 Å². The highest BCUT2D eigenvalue weighted by atomic mass is 32.1. The number of anilines is 1. The van der Waals surface area contributed by atoms with E-state index in [1.54, 1.807) is 0 Å². The summed E-state index contributed by atoms with van der Waals surface area (Å²) in [6, 6.07) is 0. The largest absolute Gasteiger partial charge is 0.371 e. The summed E-state index contributed by atoms with van der Waals surface area (Å²) in [5.41, 5.74) is 2.00. The smallest absolute Gasteiger partial charge is 0.220 e. The van der Waals surface area contributed by atoms with Gasteiger partial charge in [-0.1, -0.05) is 39.9 Å². The minimum atomic E-state index is 0.0648. The summed E-state index contributed by atoms with van der Waals surface area (Å²) in [7, 11) is 2.01. The maximum atomic E-state index is 11.9. The lowest BCUT2D eigenvalue weighted by Gasteiger charge is -2.26. The van der Waals surface area contributed by atoms with E-state index in [1.807, 2.05) is 7.05 Å². The van der Waals surface area contributed by atoms with Crippen LogP contribution >= 0.6 is 12.2 Å². The summed E-state index contributed by atoms with van der Waals surface area (Å²) in [4.78, 5) is 16.4. The van der Waals surface area contributed by atoms with Crippen LogP contribution in [0.2, 0.25) is 0 Å². The molecule has 0 radical (unpaired) electrons. The van der Waals surface area contributed by atoms with Crippen LogP contribution in [0.25, 0.3) is 0 Å². The highest BCUT2D eigenvalue weighted by molar-refractivity contribution is 7.71. The highest BCUT2D eigenvalue weighted by Gasteiger charge is 2.22. The first kappa shape index (κ1) is 17.3. The summed E-state index contributed by atoms with van der Waals surface area (Å²) in [5.74, 6) is 0.341. The first-order valence-corrected chi connectivity index (χ1v) is 8.11.